The van der Waals surface area contributed by atoms with Crippen LogP contribution >= 0.6 is 0 Å². The van der Waals surface area contributed by atoms with Crippen LogP contribution in [0.15, 0.2) is 30.3 Å². The Morgan fingerprint density at radius 1 is 0.840 bits per heavy atom. The molecule has 25 heavy (non-hydrogen) atoms. The summed E-state index contributed by atoms with van der Waals surface area (Å²) in [7, 11) is 0. The molecule has 0 bridgehead atoms. The number of benzene rings is 1. The summed E-state index contributed by atoms with van der Waals surface area (Å²) in [6, 6.07) is 11.4. The van der Waals surface area contributed by atoms with Gasteiger partial charge in [-0.3, -0.25) is 9.80 Å². The Hall–Kier alpha value is -1.59. The molecule has 0 spiro atoms. The summed E-state index contributed by atoms with van der Waals surface area (Å²) in [6.07, 6.45) is 4.79. The highest BCUT2D eigenvalue weighted by atomic mass is 16.6. The van der Waals surface area contributed by atoms with Crippen molar-refractivity contribution in [3.8, 4) is 0 Å². The second-order valence-electron chi connectivity index (χ2n) is 7.56. The number of carbonyl (C=O) groups is 1. The van der Waals surface area contributed by atoms with Crippen molar-refractivity contribution in [3.63, 3.8) is 0 Å². The Labute approximate surface area is 150 Å². The minimum Gasteiger partial charge on any atom is -0.445 e. The van der Waals surface area contributed by atoms with E-state index in [-0.39, 0.29) is 6.09 Å². The van der Waals surface area contributed by atoms with E-state index in [4.69, 9.17) is 4.74 Å². The quantitative estimate of drug-likeness (QED) is 0.842. The summed E-state index contributed by atoms with van der Waals surface area (Å²) >= 11 is 0. The molecule has 0 atom stereocenters. The standard InChI is InChI=1S/C20H29N3O2/c24-20(25-16-17-4-2-1-3-5-17)23-10-8-19(9-11-23)22-14-12-21(13-15-22)18-6-7-18/h1-5,18-19H,6-16H2. The largest absolute Gasteiger partial charge is 0.445 e. The number of piperazine rings is 1. The first-order chi connectivity index (χ1) is 12.3. The number of ether oxygens (including phenoxy) is 1. The molecule has 1 aromatic carbocycles. The van der Waals surface area contributed by atoms with Gasteiger partial charge < -0.3 is 9.64 Å². The minimum atomic E-state index is -0.166. The van der Waals surface area contributed by atoms with Gasteiger partial charge in [-0.2, -0.15) is 0 Å². The van der Waals surface area contributed by atoms with Crippen LogP contribution in [0.1, 0.15) is 31.2 Å². The number of rotatable bonds is 4. The number of nitrogens with zero attached hydrogens (tertiary/aromatic N) is 3. The summed E-state index contributed by atoms with van der Waals surface area (Å²) < 4.78 is 5.46. The molecule has 3 fully saturated rings. The lowest BCUT2D eigenvalue weighted by Crippen LogP contribution is -2.54. The maximum Gasteiger partial charge on any atom is 0.410 e. The summed E-state index contributed by atoms with van der Waals surface area (Å²) in [5, 5.41) is 0. The molecule has 4 rings (SSSR count). The Kier molecular flexibility index (Phi) is 5.22. The van der Waals surface area contributed by atoms with Gasteiger partial charge in [-0.1, -0.05) is 30.3 Å². The van der Waals surface area contributed by atoms with Crippen molar-refractivity contribution >= 4 is 6.09 Å². The van der Waals surface area contributed by atoms with Gasteiger partial charge in [0.05, 0.1) is 0 Å². The Bertz CT molecular complexity index is 560. The van der Waals surface area contributed by atoms with Crippen LogP contribution in [0.2, 0.25) is 0 Å². The fraction of sp³-hybridized carbons (Fsp3) is 0.650. The molecule has 1 amide bonds. The fourth-order valence-corrected chi connectivity index (χ4v) is 4.13. The van der Waals surface area contributed by atoms with Gasteiger partial charge in [-0.15, -0.1) is 0 Å². The predicted molar refractivity (Wildman–Crippen MR) is 97.4 cm³/mol. The van der Waals surface area contributed by atoms with Gasteiger partial charge in [0.25, 0.3) is 0 Å². The van der Waals surface area contributed by atoms with Crippen LogP contribution in [0.25, 0.3) is 0 Å². The molecular formula is C20H29N3O2. The Morgan fingerprint density at radius 3 is 1.96 bits per heavy atom. The molecule has 2 saturated heterocycles. The summed E-state index contributed by atoms with van der Waals surface area (Å²) in [6.45, 7) is 6.85. The number of amides is 1. The van der Waals surface area contributed by atoms with Gasteiger partial charge in [0.15, 0.2) is 0 Å². The highest BCUT2D eigenvalue weighted by Crippen LogP contribution is 2.28. The zero-order valence-corrected chi connectivity index (χ0v) is 15.0. The van der Waals surface area contributed by atoms with E-state index in [1.807, 2.05) is 35.2 Å². The van der Waals surface area contributed by atoms with Crippen molar-refractivity contribution < 1.29 is 9.53 Å². The summed E-state index contributed by atoms with van der Waals surface area (Å²) in [4.78, 5) is 19.4. The van der Waals surface area contributed by atoms with Gasteiger partial charge in [0, 0.05) is 51.4 Å². The zero-order valence-electron chi connectivity index (χ0n) is 15.0. The molecule has 1 aliphatic carbocycles. The maximum absolute atomic E-state index is 12.3. The van der Waals surface area contributed by atoms with Crippen LogP contribution in [0.5, 0.6) is 0 Å². The van der Waals surface area contributed by atoms with Crippen LogP contribution in [0, 0.1) is 0 Å². The lowest BCUT2D eigenvalue weighted by molar-refractivity contribution is 0.0456. The number of carbonyl (C=O) groups excluding carboxylic acids is 1. The lowest BCUT2D eigenvalue weighted by Gasteiger charge is -2.42. The average molecular weight is 343 g/mol. The van der Waals surface area contributed by atoms with E-state index >= 15 is 0 Å². The SMILES string of the molecule is O=C(OCc1ccccc1)N1CCC(N2CCN(C3CC3)CC2)CC1. The first-order valence-corrected chi connectivity index (χ1v) is 9.73. The van der Waals surface area contributed by atoms with Gasteiger partial charge in [0.2, 0.25) is 0 Å². The van der Waals surface area contributed by atoms with Crippen LogP contribution in [0.3, 0.4) is 0 Å². The topological polar surface area (TPSA) is 36.0 Å². The summed E-state index contributed by atoms with van der Waals surface area (Å²) in [5.74, 6) is 0. The van der Waals surface area contributed by atoms with Gasteiger partial charge in [-0.05, 0) is 31.2 Å². The van der Waals surface area contributed by atoms with Crippen molar-refractivity contribution in [2.75, 3.05) is 39.3 Å². The van der Waals surface area contributed by atoms with Crippen LogP contribution in [0.4, 0.5) is 4.79 Å². The van der Waals surface area contributed by atoms with Crippen molar-refractivity contribution in [2.45, 2.75) is 44.4 Å². The van der Waals surface area contributed by atoms with E-state index in [1.54, 1.807) is 0 Å². The van der Waals surface area contributed by atoms with Gasteiger partial charge >= 0.3 is 6.09 Å². The predicted octanol–water partition coefficient (Wildman–Crippen LogP) is 2.57. The number of likely N-dealkylation sites (tertiary alicyclic amines) is 1. The van der Waals surface area contributed by atoms with E-state index in [2.05, 4.69) is 9.80 Å². The normalized spacial score (nSPS) is 23.6. The van der Waals surface area contributed by atoms with Crippen LogP contribution in [-0.2, 0) is 11.3 Å². The molecule has 0 aromatic heterocycles. The van der Waals surface area contributed by atoms with E-state index in [1.165, 1.54) is 39.0 Å². The molecule has 3 aliphatic rings. The van der Waals surface area contributed by atoms with Crippen LogP contribution in [-0.4, -0.2) is 72.1 Å². The minimum absolute atomic E-state index is 0.166. The number of hydrogen-bond donors (Lipinski definition) is 0. The summed E-state index contributed by atoms with van der Waals surface area (Å²) in [5.41, 5.74) is 1.04. The highest BCUT2D eigenvalue weighted by molar-refractivity contribution is 5.67. The van der Waals surface area contributed by atoms with E-state index in [0.29, 0.717) is 12.6 Å². The van der Waals surface area contributed by atoms with Crippen molar-refractivity contribution in [2.24, 2.45) is 0 Å². The third kappa shape index (κ3) is 4.33. The first kappa shape index (κ1) is 16.9. The molecule has 1 aromatic rings. The van der Waals surface area contributed by atoms with Gasteiger partial charge in [0.1, 0.15) is 6.61 Å². The average Bonchev–Trinajstić information content (AvgIpc) is 3.53. The number of piperidine rings is 1. The van der Waals surface area contributed by atoms with Crippen molar-refractivity contribution in [3.05, 3.63) is 35.9 Å². The zero-order chi connectivity index (χ0) is 17.1. The highest BCUT2D eigenvalue weighted by Gasteiger charge is 2.34. The molecule has 5 heteroatoms. The second-order valence-corrected chi connectivity index (χ2v) is 7.56. The molecule has 2 heterocycles. The molecule has 5 nitrogen and oxygen atoms in total. The molecule has 0 unspecified atom stereocenters. The Morgan fingerprint density at radius 2 is 1.40 bits per heavy atom. The van der Waals surface area contributed by atoms with E-state index < -0.39 is 0 Å². The third-order valence-corrected chi connectivity index (χ3v) is 5.86. The molecular weight excluding hydrogens is 314 g/mol. The molecule has 0 radical (unpaired) electrons. The Balaban J connectivity index is 1.18. The van der Waals surface area contributed by atoms with Gasteiger partial charge in [-0.25, -0.2) is 4.79 Å². The maximum atomic E-state index is 12.3. The second kappa shape index (κ2) is 7.75. The van der Waals surface area contributed by atoms with E-state index in [0.717, 1.165) is 37.5 Å². The molecule has 1 saturated carbocycles. The molecule has 0 N–H and O–H groups in total. The fourth-order valence-electron chi connectivity index (χ4n) is 4.13. The molecule has 136 valence electrons. The van der Waals surface area contributed by atoms with E-state index in [9.17, 15) is 4.79 Å². The van der Waals surface area contributed by atoms with Crippen molar-refractivity contribution in [1.82, 2.24) is 14.7 Å². The molecule has 2 aliphatic heterocycles. The smallest absolute Gasteiger partial charge is 0.410 e. The van der Waals surface area contributed by atoms with Crippen molar-refractivity contribution in [1.29, 1.82) is 0 Å². The number of hydrogen-bond acceptors (Lipinski definition) is 4. The first-order valence-electron chi connectivity index (χ1n) is 9.73. The monoisotopic (exact) mass is 343 g/mol. The lowest BCUT2D eigenvalue weighted by atomic mass is 10.0. The third-order valence-electron chi connectivity index (χ3n) is 5.86. The van der Waals surface area contributed by atoms with Crippen LogP contribution < -0.4 is 0 Å².